The molecule has 110 valence electrons. The van der Waals surface area contributed by atoms with Crippen LogP contribution in [0, 0.1) is 0 Å². The lowest BCUT2D eigenvalue weighted by molar-refractivity contribution is 0.0736. The first-order valence-corrected chi connectivity index (χ1v) is 7.00. The van der Waals surface area contributed by atoms with Gasteiger partial charge >= 0.3 is 0 Å². The Labute approximate surface area is 111 Å². The first-order valence-electron chi connectivity index (χ1n) is 7.00. The van der Waals surface area contributed by atoms with Gasteiger partial charge in [-0.3, -0.25) is 4.90 Å². The average molecular weight is 262 g/mol. The van der Waals surface area contributed by atoms with E-state index < -0.39 is 0 Å². The maximum Gasteiger partial charge on any atom is 0.0597 e. The second-order valence-electron chi connectivity index (χ2n) is 4.13. The van der Waals surface area contributed by atoms with E-state index in [1.165, 1.54) is 0 Å². The highest BCUT2D eigenvalue weighted by Gasteiger charge is 2.12. The van der Waals surface area contributed by atoms with Gasteiger partial charge in [0.1, 0.15) is 0 Å². The van der Waals surface area contributed by atoms with Crippen molar-refractivity contribution in [2.75, 3.05) is 59.2 Å². The number of rotatable bonds is 13. The fraction of sp³-hybridized carbons (Fsp3) is 1.00. The van der Waals surface area contributed by atoms with Gasteiger partial charge in [0.2, 0.25) is 0 Å². The highest BCUT2D eigenvalue weighted by Crippen LogP contribution is 1.94. The van der Waals surface area contributed by atoms with E-state index in [1.54, 1.807) is 0 Å². The molecule has 0 bridgehead atoms. The SMILES string of the molecule is CCNC(CO)CN(CCOCC)CCOCC. The largest absolute Gasteiger partial charge is 0.395 e. The highest BCUT2D eigenvalue weighted by molar-refractivity contribution is 4.70. The molecule has 0 fully saturated rings. The molecule has 1 unspecified atom stereocenters. The zero-order chi connectivity index (χ0) is 13.6. The van der Waals surface area contributed by atoms with Crippen LogP contribution in [0.25, 0.3) is 0 Å². The van der Waals surface area contributed by atoms with E-state index in [1.807, 2.05) is 20.8 Å². The van der Waals surface area contributed by atoms with Crippen molar-refractivity contribution in [3.63, 3.8) is 0 Å². The summed E-state index contributed by atoms with van der Waals surface area (Å²) in [6.45, 7) is 12.6. The van der Waals surface area contributed by atoms with E-state index in [0.29, 0.717) is 0 Å². The first-order chi connectivity index (χ1) is 8.78. The highest BCUT2D eigenvalue weighted by atomic mass is 16.5. The number of hydrogen-bond donors (Lipinski definition) is 2. The molecule has 5 heteroatoms. The van der Waals surface area contributed by atoms with Gasteiger partial charge in [-0.25, -0.2) is 0 Å². The van der Waals surface area contributed by atoms with Gasteiger partial charge < -0.3 is 19.9 Å². The lowest BCUT2D eigenvalue weighted by atomic mass is 10.2. The molecule has 2 N–H and O–H groups in total. The van der Waals surface area contributed by atoms with Crippen LogP contribution in [0.15, 0.2) is 0 Å². The third-order valence-electron chi connectivity index (χ3n) is 2.70. The van der Waals surface area contributed by atoms with Gasteiger partial charge in [0.15, 0.2) is 0 Å². The molecule has 0 rings (SSSR count). The Hall–Kier alpha value is -0.200. The summed E-state index contributed by atoms with van der Waals surface area (Å²) in [7, 11) is 0. The Morgan fingerprint density at radius 2 is 1.61 bits per heavy atom. The van der Waals surface area contributed by atoms with Crippen molar-refractivity contribution in [2.24, 2.45) is 0 Å². The summed E-state index contributed by atoms with van der Waals surface area (Å²) in [5.74, 6) is 0. The van der Waals surface area contributed by atoms with E-state index in [0.717, 1.165) is 52.6 Å². The molecule has 0 aromatic carbocycles. The van der Waals surface area contributed by atoms with Crippen molar-refractivity contribution in [3.05, 3.63) is 0 Å². The second-order valence-corrected chi connectivity index (χ2v) is 4.13. The summed E-state index contributed by atoms with van der Waals surface area (Å²) < 4.78 is 10.8. The minimum absolute atomic E-state index is 0.123. The van der Waals surface area contributed by atoms with Crippen LogP contribution in [0.1, 0.15) is 20.8 Å². The maximum atomic E-state index is 9.30. The summed E-state index contributed by atoms with van der Waals surface area (Å²) in [5.41, 5.74) is 0. The maximum absolute atomic E-state index is 9.30. The fourth-order valence-corrected chi connectivity index (χ4v) is 1.76. The number of aliphatic hydroxyl groups excluding tert-OH is 1. The molecule has 0 amide bonds. The van der Waals surface area contributed by atoms with Crippen molar-refractivity contribution < 1.29 is 14.6 Å². The van der Waals surface area contributed by atoms with E-state index in [2.05, 4.69) is 10.2 Å². The second kappa shape index (κ2) is 13.2. The summed E-state index contributed by atoms with van der Waals surface area (Å²) in [4.78, 5) is 2.27. The predicted octanol–water partition coefficient (Wildman–Crippen LogP) is 0.332. The van der Waals surface area contributed by atoms with Crippen LogP contribution in [-0.2, 0) is 9.47 Å². The third kappa shape index (κ3) is 9.79. The Morgan fingerprint density at radius 3 is 2.00 bits per heavy atom. The molecule has 0 aliphatic rings. The predicted molar refractivity (Wildman–Crippen MR) is 74.0 cm³/mol. The van der Waals surface area contributed by atoms with Crippen LogP contribution in [-0.4, -0.2) is 75.3 Å². The van der Waals surface area contributed by atoms with E-state index in [4.69, 9.17) is 9.47 Å². The van der Waals surface area contributed by atoms with Crippen molar-refractivity contribution >= 4 is 0 Å². The summed E-state index contributed by atoms with van der Waals surface area (Å²) in [6, 6.07) is 0.123. The first kappa shape index (κ1) is 17.8. The Morgan fingerprint density at radius 1 is 1.06 bits per heavy atom. The van der Waals surface area contributed by atoms with Crippen LogP contribution >= 0.6 is 0 Å². The molecule has 0 heterocycles. The van der Waals surface area contributed by atoms with Crippen LogP contribution in [0.3, 0.4) is 0 Å². The van der Waals surface area contributed by atoms with Crippen molar-refractivity contribution in [2.45, 2.75) is 26.8 Å². The molecule has 0 aliphatic heterocycles. The molecule has 0 spiro atoms. The quantitative estimate of drug-likeness (QED) is 0.469. The molecule has 0 saturated heterocycles. The van der Waals surface area contributed by atoms with Gasteiger partial charge in [0.25, 0.3) is 0 Å². The van der Waals surface area contributed by atoms with E-state index in [9.17, 15) is 5.11 Å². The number of aliphatic hydroxyl groups is 1. The Bertz CT molecular complexity index is 160. The number of hydrogen-bond acceptors (Lipinski definition) is 5. The molecule has 0 saturated carbocycles. The Kier molecular flexibility index (Phi) is 13.1. The van der Waals surface area contributed by atoms with Crippen LogP contribution in [0.5, 0.6) is 0 Å². The lowest BCUT2D eigenvalue weighted by Gasteiger charge is -2.26. The van der Waals surface area contributed by atoms with E-state index >= 15 is 0 Å². The molecule has 5 nitrogen and oxygen atoms in total. The van der Waals surface area contributed by atoms with Gasteiger partial charge in [-0.15, -0.1) is 0 Å². The fourth-order valence-electron chi connectivity index (χ4n) is 1.76. The molecule has 18 heavy (non-hydrogen) atoms. The van der Waals surface area contributed by atoms with Crippen molar-refractivity contribution in [1.29, 1.82) is 0 Å². The van der Waals surface area contributed by atoms with Crippen molar-refractivity contribution in [1.82, 2.24) is 10.2 Å². The zero-order valence-electron chi connectivity index (χ0n) is 12.2. The minimum atomic E-state index is 0.123. The molecular weight excluding hydrogens is 232 g/mol. The van der Waals surface area contributed by atoms with Crippen LogP contribution in [0.4, 0.5) is 0 Å². The van der Waals surface area contributed by atoms with Crippen LogP contribution < -0.4 is 5.32 Å². The number of nitrogens with one attached hydrogen (secondary N) is 1. The summed E-state index contributed by atoms with van der Waals surface area (Å²) >= 11 is 0. The summed E-state index contributed by atoms with van der Waals surface area (Å²) in [6.07, 6.45) is 0. The zero-order valence-corrected chi connectivity index (χ0v) is 12.2. The normalized spacial score (nSPS) is 13.2. The lowest BCUT2D eigenvalue weighted by Crippen LogP contribution is -2.45. The molecule has 0 aromatic rings. The molecular formula is C13H30N2O3. The Balaban J connectivity index is 3.99. The van der Waals surface area contributed by atoms with Gasteiger partial charge in [0, 0.05) is 38.9 Å². The smallest absolute Gasteiger partial charge is 0.0597 e. The number of likely N-dealkylation sites (N-methyl/N-ethyl adjacent to an activating group) is 1. The standard InChI is InChI=1S/C13H30N2O3/c1-4-14-13(12-16)11-15(7-9-17-5-2)8-10-18-6-3/h13-14,16H,4-12H2,1-3H3. The van der Waals surface area contributed by atoms with Crippen molar-refractivity contribution in [3.8, 4) is 0 Å². The number of nitrogens with zero attached hydrogens (tertiary/aromatic N) is 1. The molecule has 0 radical (unpaired) electrons. The topological polar surface area (TPSA) is 54.0 Å². The van der Waals surface area contributed by atoms with Gasteiger partial charge in [-0.2, -0.15) is 0 Å². The third-order valence-corrected chi connectivity index (χ3v) is 2.70. The monoisotopic (exact) mass is 262 g/mol. The molecule has 0 aromatic heterocycles. The molecule has 1 atom stereocenters. The van der Waals surface area contributed by atoms with E-state index in [-0.39, 0.29) is 12.6 Å². The van der Waals surface area contributed by atoms with Gasteiger partial charge in [-0.1, -0.05) is 6.92 Å². The average Bonchev–Trinajstić information content (AvgIpc) is 2.38. The van der Waals surface area contributed by atoms with Gasteiger partial charge in [-0.05, 0) is 20.4 Å². The molecule has 0 aliphatic carbocycles. The number of ether oxygens (including phenoxy) is 2. The van der Waals surface area contributed by atoms with Gasteiger partial charge in [0.05, 0.1) is 19.8 Å². The van der Waals surface area contributed by atoms with Crippen LogP contribution in [0.2, 0.25) is 0 Å². The minimum Gasteiger partial charge on any atom is -0.395 e. The summed E-state index contributed by atoms with van der Waals surface area (Å²) in [5, 5.41) is 12.6.